The third-order valence-electron chi connectivity index (χ3n) is 10.5. The minimum atomic E-state index is -1.25. The van der Waals surface area contributed by atoms with Crippen molar-refractivity contribution in [3.63, 3.8) is 0 Å². The van der Waals surface area contributed by atoms with Crippen LogP contribution in [0.2, 0.25) is 0 Å². The molecule has 0 unspecified atom stereocenters. The van der Waals surface area contributed by atoms with Crippen molar-refractivity contribution in [2.45, 2.75) is 102 Å². The molecule has 49 heavy (non-hydrogen) atoms. The quantitative estimate of drug-likeness (QED) is 0.156. The molecule has 3 fully saturated rings. The van der Waals surface area contributed by atoms with E-state index in [0.717, 1.165) is 12.8 Å². The first-order valence-corrected chi connectivity index (χ1v) is 17.8. The zero-order chi connectivity index (χ0) is 35.7. The number of amides is 3. The Kier molecular flexibility index (Phi) is 13.6. The van der Waals surface area contributed by atoms with Gasteiger partial charge in [0, 0.05) is 26.6 Å². The van der Waals surface area contributed by atoms with Crippen molar-refractivity contribution in [2.75, 3.05) is 33.4 Å². The third kappa shape index (κ3) is 7.79. The van der Waals surface area contributed by atoms with Crippen LogP contribution in [-0.4, -0.2) is 102 Å². The first-order valence-electron chi connectivity index (χ1n) is 17.8. The van der Waals surface area contributed by atoms with Crippen molar-refractivity contribution in [2.24, 2.45) is 17.8 Å². The molecule has 1 aromatic rings. The van der Waals surface area contributed by atoms with Gasteiger partial charge >= 0.3 is 5.97 Å². The second kappa shape index (κ2) is 17.4. The van der Waals surface area contributed by atoms with Gasteiger partial charge in [-0.25, -0.2) is 0 Å². The van der Waals surface area contributed by atoms with Crippen LogP contribution in [0.4, 0.5) is 0 Å². The summed E-state index contributed by atoms with van der Waals surface area (Å²) in [6, 6.07) is 6.74. The number of esters is 1. The molecule has 4 rings (SSSR count). The van der Waals surface area contributed by atoms with Crippen molar-refractivity contribution < 1.29 is 38.5 Å². The van der Waals surface area contributed by atoms with Gasteiger partial charge in [-0.15, -0.1) is 13.2 Å². The van der Waals surface area contributed by atoms with Crippen LogP contribution >= 0.6 is 0 Å². The number of nitrogens with zero attached hydrogens (tertiary/aromatic N) is 2. The molecule has 1 aromatic carbocycles. The van der Waals surface area contributed by atoms with E-state index in [1.807, 2.05) is 51.1 Å². The number of aliphatic hydroxyl groups excluding tert-OH is 1. The van der Waals surface area contributed by atoms with E-state index in [0.29, 0.717) is 44.3 Å². The van der Waals surface area contributed by atoms with Crippen LogP contribution in [0.25, 0.3) is 0 Å². The Hall–Kier alpha value is -3.54. The number of likely N-dealkylation sites (tertiary alicyclic amines) is 1. The maximum Gasteiger partial charge on any atom is 0.313 e. The minimum Gasteiger partial charge on any atom is -0.455 e. The Balaban J connectivity index is 1.74. The maximum atomic E-state index is 14.7. The molecule has 3 saturated heterocycles. The number of unbranched alkanes of at least 4 members (excludes halogenated alkanes) is 1. The summed E-state index contributed by atoms with van der Waals surface area (Å²) in [5, 5.41) is 13.6. The lowest BCUT2D eigenvalue weighted by atomic mass is 9.70. The first kappa shape index (κ1) is 38.3. The molecule has 3 aliphatic heterocycles. The van der Waals surface area contributed by atoms with Gasteiger partial charge in [0.15, 0.2) is 0 Å². The predicted molar refractivity (Wildman–Crippen MR) is 185 cm³/mol. The molecular weight excluding hydrogens is 626 g/mol. The molecule has 3 amide bonds. The van der Waals surface area contributed by atoms with Crippen LogP contribution in [0.5, 0.6) is 0 Å². The number of ether oxygens (including phenoxy) is 3. The van der Waals surface area contributed by atoms with E-state index in [-0.39, 0.29) is 43.3 Å². The first-order chi connectivity index (χ1) is 23.6. The number of benzene rings is 1. The van der Waals surface area contributed by atoms with Crippen molar-refractivity contribution in [3.8, 4) is 0 Å². The van der Waals surface area contributed by atoms with Crippen LogP contribution in [0, 0.1) is 17.8 Å². The highest BCUT2D eigenvalue weighted by Crippen LogP contribution is 2.59. The molecule has 3 aliphatic rings. The van der Waals surface area contributed by atoms with Gasteiger partial charge in [0.2, 0.25) is 17.7 Å². The summed E-state index contributed by atoms with van der Waals surface area (Å²) < 4.78 is 18.4. The third-order valence-corrected chi connectivity index (χ3v) is 10.5. The van der Waals surface area contributed by atoms with E-state index in [1.54, 1.807) is 17.1 Å². The monoisotopic (exact) mass is 681 g/mol. The van der Waals surface area contributed by atoms with Crippen molar-refractivity contribution in [1.29, 1.82) is 0 Å². The topological polar surface area (TPSA) is 135 Å². The van der Waals surface area contributed by atoms with Crippen molar-refractivity contribution in [3.05, 3.63) is 61.2 Å². The number of nitrogens with one attached hydrogen (secondary N) is 1. The average Bonchev–Trinajstić information content (AvgIpc) is 3.75. The molecule has 270 valence electrons. The molecular formula is C38H55N3O8. The lowest BCUT2D eigenvalue weighted by molar-refractivity contribution is -0.164. The van der Waals surface area contributed by atoms with Crippen molar-refractivity contribution in [1.82, 2.24) is 15.1 Å². The zero-order valence-corrected chi connectivity index (χ0v) is 29.6. The molecule has 0 aliphatic carbocycles. The second-order valence-electron chi connectivity index (χ2n) is 13.6. The fraction of sp³-hybridized carbons (Fsp3) is 0.632. The number of allylic oxidation sites excluding steroid dienone is 1. The molecule has 11 heteroatoms. The number of hydrogen-bond acceptors (Lipinski definition) is 8. The summed E-state index contributed by atoms with van der Waals surface area (Å²) in [5.74, 6) is -3.58. The van der Waals surface area contributed by atoms with Crippen LogP contribution in [0.1, 0.15) is 77.4 Å². The van der Waals surface area contributed by atoms with Gasteiger partial charge in [0.25, 0.3) is 0 Å². The van der Waals surface area contributed by atoms with E-state index in [9.17, 15) is 24.3 Å². The number of methoxy groups -OCH3 is 1. The van der Waals surface area contributed by atoms with Crippen LogP contribution in [0.15, 0.2) is 55.6 Å². The fourth-order valence-corrected chi connectivity index (χ4v) is 7.90. The van der Waals surface area contributed by atoms with Gasteiger partial charge in [-0.05, 0) is 37.2 Å². The van der Waals surface area contributed by atoms with Gasteiger partial charge < -0.3 is 34.4 Å². The minimum absolute atomic E-state index is 0.0674. The number of carbonyl (C=O) groups excluding carboxylic acids is 4. The molecule has 2 bridgehead atoms. The Labute approximate surface area is 291 Å². The normalized spacial score (nSPS) is 26.4. The zero-order valence-electron chi connectivity index (χ0n) is 29.6. The van der Waals surface area contributed by atoms with Gasteiger partial charge in [0.1, 0.15) is 17.7 Å². The highest BCUT2D eigenvalue weighted by Gasteiger charge is 2.76. The SMILES string of the molecule is C=CCCC(=O)N[C@H](COC)[C@H](OC(=O)[C@@H]1[C@H]2C(=O)N([C@@H](CO)[C@@H](C)CC)[C@H](C(=O)N(CC=C)CCCC)[C@]23CC[C@H]1O3)c1ccccc1. The number of aliphatic hydroxyl groups is 1. The maximum absolute atomic E-state index is 14.7. The average molecular weight is 682 g/mol. The molecule has 0 radical (unpaired) electrons. The van der Waals surface area contributed by atoms with E-state index in [4.69, 9.17) is 14.2 Å². The van der Waals surface area contributed by atoms with E-state index >= 15 is 0 Å². The number of rotatable bonds is 20. The van der Waals surface area contributed by atoms with Gasteiger partial charge in [-0.2, -0.15) is 0 Å². The summed E-state index contributed by atoms with van der Waals surface area (Å²) in [5.41, 5.74) is -0.594. The highest BCUT2D eigenvalue weighted by atomic mass is 16.6. The van der Waals surface area contributed by atoms with Gasteiger partial charge in [-0.3, -0.25) is 19.2 Å². The number of fused-ring (bicyclic) bond motifs is 1. The summed E-state index contributed by atoms with van der Waals surface area (Å²) in [6.45, 7) is 14.1. The van der Waals surface area contributed by atoms with Crippen LogP contribution < -0.4 is 5.32 Å². The van der Waals surface area contributed by atoms with Gasteiger partial charge in [0.05, 0.1) is 43.2 Å². The second-order valence-corrected chi connectivity index (χ2v) is 13.6. The lowest BCUT2D eigenvalue weighted by Crippen LogP contribution is -2.59. The summed E-state index contributed by atoms with van der Waals surface area (Å²) in [6.07, 6.45) is 5.70. The van der Waals surface area contributed by atoms with E-state index in [2.05, 4.69) is 18.5 Å². The fourth-order valence-electron chi connectivity index (χ4n) is 7.90. The Morgan fingerprint density at radius 1 is 1.20 bits per heavy atom. The molecule has 9 atom stereocenters. The lowest BCUT2D eigenvalue weighted by Gasteiger charge is -2.41. The number of carbonyl (C=O) groups is 4. The molecule has 0 saturated carbocycles. The molecule has 0 aromatic heterocycles. The largest absolute Gasteiger partial charge is 0.455 e. The Morgan fingerprint density at radius 3 is 2.55 bits per heavy atom. The highest BCUT2D eigenvalue weighted by molar-refractivity contribution is 5.98. The molecule has 3 heterocycles. The standard InChI is InChI=1S/C38H55N3O8/c1-7-11-18-30(43)39-27(24-47-6)33(26-16-14-13-15-17-26)48-37(46)31-29-19-20-38(49-29)32(31)35(44)41(28(23-42)25(5)10-4)34(38)36(45)40(21-9-3)22-12-8-2/h7,9,13-17,25,27-29,31-34,42H,1,3,8,10-12,18-24H2,2,4-6H3,(H,39,43)/t25-,27+,28-,29+,31-,32-,33+,34+,38-/m0/s1. The van der Waals surface area contributed by atoms with Crippen molar-refractivity contribution >= 4 is 23.7 Å². The summed E-state index contributed by atoms with van der Waals surface area (Å²) >= 11 is 0. The number of hydrogen-bond donors (Lipinski definition) is 2. The summed E-state index contributed by atoms with van der Waals surface area (Å²) in [4.78, 5) is 59.8. The molecule has 11 nitrogen and oxygen atoms in total. The summed E-state index contributed by atoms with van der Waals surface area (Å²) in [7, 11) is 1.51. The van der Waals surface area contributed by atoms with Crippen LogP contribution in [-0.2, 0) is 33.4 Å². The molecule has 2 N–H and O–H groups in total. The Bertz CT molecular complexity index is 1320. The van der Waals surface area contributed by atoms with Gasteiger partial charge in [-0.1, -0.05) is 76.1 Å². The van der Waals surface area contributed by atoms with E-state index in [1.165, 1.54) is 12.0 Å². The predicted octanol–water partition coefficient (Wildman–Crippen LogP) is 3.96. The molecule has 1 spiro atoms. The Morgan fingerprint density at radius 2 is 1.94 bits per heavy atom. The van der Waals surface area contributed by atoms with Crippen LogP contribution in [0.3, 0.4) is 0 Å². The smallest absolute Gasteiger partial charge is 0.313 e. The van der Waals surface area contributed by atoms with E-state index < -0.39 is 53.7 Å².